The van der Waals surface area contributed by atoms with Gasteiger partial charge in [-0.15, -0.1) is 0 Å². The normalized spacial score (nSPS) is 12.2. The van der Waals surface area contributed by atoms with Crippen LogP contribution < -0.4 is 5.73 Å². The molecule has 0 unspecified atom stereocenters. The Kier molecular flexibility index (Phi) is 4.35. The maximum atomic E-state index is 12.9. The average molecular weight is 223 g/mol. The van der Waals surface area contributed by atoms with Crippen LogP contribution in [0.2, 0.25) is 0 Å². The van der Waals surface area contributed by atoms with E-state index in [1.54, 1.807) is 12.1 Å². The number of nitrogens with two attached hydrogens (primary N) is 1. The lowest BCUT2D eigenvalue weighted by molar-refractivity contribution is 0.197. The van der Waals surface area contributed by atoms with Crippen LogP contribution in [0.4, 0.5) is 10.1 Å². The van der Waals surface area contributed by atoms with Crippen LogP contribution in [0.1, 0.15) is 19.4 Å². The Balaban J connectivity index is 2.66. The van der Waals surface area contributed by atoms with E-state index in [9.17, 15) is 4.39 Å². The molecule has 0 amide bonds. The highest BCUT2D eigenvalue weighted by molar-refractivity contribution is 5.42. The lowest BCUT2D eigenvalue weighted by atomic mass is 9.99. The van der Waals surface area contributed by atoms with Crippen LogP contribution in [0.25, 0.3) is 0 Å². The third-order valence-corrected chi connectivity index (χ3v) is 2.48. The Labute approximate surface area is 95.9 Å². The number of benzene rings is 1. The van der Waals surface area contributed by atoms with Gasteiger partial charge in [0, 0.05) is 5.92 Å². The lowest BCUT2D eigenvalue weighted by Crippen LogP contribution is -2.06. The summed E-state index contributed by atoms with van der Waals surface area (Å²) in [5.41, 5.74) is 6.68. The third-order valence-electron chi connectivity index (χ3n) is 2.48. The van der Waals surface area contributed by atoms with Gasteiger partial charge in [0.15, 0.2) is 0 Å². The second-order valence-electron chi connectivity index (χ2n) is 3.86. The van der Waals surface area contributed by atoms with E-state index in [-0.39, 0.29) is 17.4 Å². The van der Waals surface area contributed by atoms with Gasteiger partial charge in [0.2, 0.25) is 0 Å². The third kappa shape index (κ3) is 3.26. The van der Waals surface area contributed by atoms with Gasteiger partial charge in [-0.05, 0) is 31.0 Å². The molecule has 1 aromatic rings. The first kappa shape index (κ1) is 12.6. The quantitative estimate of drug-likeness (QED) is 0.614. The molecule has 88 valence electrons. The molecule has 0 saturated heterocycles. The van der Waals surface area contributed by atoms with Gasteiger partial charge < -0.3 is 10.5 Å². The van der Waals surface area contributed by atoms with E-state index in [0.29, 0.717) is 6.61 Å². The molecule has 3 heteroatoms. The van der Waals surface area contributed by atoms with Crippen molar-refractivity contribution in [3.8, 4) is 0 Å². The summed E-state index contributed by atoms with van der Waals surface area (Å²) < 4.78 is 18.3. The average Bonchev–Trinajstić information content (AvgIpc) is 2.24. The van der Waals surface area contributed by atoms with Crippen molar-refractivity contribution < 1.29 is 9.13 Å². The zero-order valence-electron chi connectivity index (χ0n) is 9.79. The summed E-state index contributed by atoms with van der Waals surface area (Å²) in [6, 6.07) is 4.79. The highest BCUT2D eigenvalue weighted by atomic mass is 19.1. The van der Waals surface area contributed by atoms with Crippen LogP contribution in [-0.4, -0.2) is 6.61 Å². The molecule has 0 spiro atoms. The summed E-state index contributed by atoms with van der Waals surface area (Å²) >= 11 is 0. The number of rotatable bonds is 5. The summed E-state index contributed by atoms with van der Waals surface area (Å²) in [6.07, 6.45) is 0.753. The van der Waals surface area contributed by atoms with E-state index >= 15 is 0 Å². The fraction of sp³-hybridized carbons (Fsp3) is 0.385. The van der Waals surface area contributed by atoms with Crippen molar-refractivity contribution in [1.29, 1.82) is 0 Å². The summed E-state index contributed by atoms with van der Waals surface area (Å²) in [5.74, 6) is 0.579. The molecule has 0 saturated carbocycles. The second kappa shape index (κ2) is 5.54. The van der Waals surface area contributed by atoms with Crippen molar-refractivity contribution in [3.63, 3.8) is 0 Å². The Morgan fingerprint density at radius 1 is 1.56 bits per heavy atom. The molecule has 0 fully saturated rings. The number of hydrogen-bond acceptors (Lipinski definition) is 2. The van der Waals surface area contributed by atoms with Gasteiger partial charge in [0.05, 0.1) is 18.1 Å². The van der Waals surface area contributed by atoms with E-state index in [1.807, 2.05) is 13.8 Å². The first-order chi connectivity index (χ1) is 7.54. The molecule has 0 aliphatic heterocycles. The Hall–Kier alpha value is -1.51. The maximum Gasteiger partial charge on any atom is 0.146 e. The van der Waals surface area contributed by atoms with Gasteiger partial charge in [0.1, 0.15) is 5.82 Å². The van der Waals surface area contributed by atoms with Crippen LogP contribution in [0, 0.1) is 11.7 Å². The molecule has 0 radical (unpaired) electrons. The van der Waals surface area contributed by atoms with Crippen molar-refractivity contribution in [2.24, 2.45) is 5.92 Å². The van der Waals surface area contributed by atoms with Crippen molar-refractivity contribution in [3.05, 3.63) is 41.9 Å². The van der Waals surface area contributed by atoms with Gasteiger partial charge in [-0.1, -0.05) is 19.6 Å². The lowest BCUT2D eigenvalue weighted by Gasteiger charge is -2.15. The van der Waals surface area contributed by atoms with E-state index in [0.717, 1.165) is 17.7 Å². The highest BCUT2D eigenvalue weighted by Gasteiger charge is 2.09. The topological polar surface area (TPSA) is 35.2 Å². The molecule has 0 bridgehead atoms. The van der Waals surface area contributed by atoms with E-state index < -0.39 is 0 Å². The van der Waals surface area contributed by atoms with Crippen molar-refractivity contribution in [1.82, 2.24) is 0 Å². The van der Waals surface area contributed by atoms with Crippen LogP contribution in [0.5, 0.6) is 0 Å². The fourth-order valence-electron chi connectivity index (χ4n) is 1.52. The summed E-state index contributed by atoms with van der Waals surface area (Å²) in [5, 5.41) is 0. The molecule has 16 heavy (non-hydrogen) atoms. The fourth-order valence-corrected chi connectivity index (χ4v) is 1.52. The molecule has 1 aromatic carbocycles. The van der Waals surface area contributed by atoms with E-state index in [4.69, 9.17) is 10.5 Å². The number of anilines is 1. The van der Waals surface area contributed by atoms with Gasteiger partial charge in [0.25, 0.3) is 0 Å². The predicted molar refractivity (Wildman–Crippen MR) is 64.4 cm³/mol. The second-order valence-corrected chi connectivity index (χ2v) is 3.86. The van der Waals surface area contributed by atoms with E-state index in [2.05, 4.69) is 6.58 Å². The first-order valence-electron chi connectivity index (χ1n) is 5.40. The van der Waals surface area contributed by atoms with Crippen LogP contribution in [0.15, 0.2) is 30.5 Å². The van der Waals surface area contributed by atoms with E-state index in [1.165, 1.54) is 6.07 Å². The van der Waals surface area contributed by atoms with Crippen LogP contribution >= 0.6 is 0 Å². The van der Waals surface area contributed by atoms with Crippen LogP contribution in [-0.2, 0) is 11.2 Å². The van der Waals surface area contributed by atoms with Crippen molar-refractivity contribution in [2.75, 3.05) is 12.3 Å². The smallest absolute Gasteiger partial charge is 0.146 e. The zero-order valence-corrected chi connectivity index (χ0v) is 9.79. The Morgan fingerprint density at radius 2 is 2.25 bits per heavy atom. The number of allylic oxidation sites excluding steroid dienone is 1. The molecule has 0 aliphatic carbocycles. The van der Waals surface area contributed by atoms with Crippen molar-refractivity contribution in [2.45, 2.75) is 20.3 Å². The first-order valence-corrected chi connectivity index (χ1v) is 5.40. The minimum atomic E-state index is -0.375. The predicted octanol–water partition coefficient (Wildman–Crippen LogP) is 3.14. The molecular formula is C13H18FNO. The molecule has 0 aromatic heterocycles. The molecule has 0 aliphatic rings. The summed E-state index contributed by atoms with van der Waals surface area (Å²) in [4.78, 5) is 0. The standard InChI is InChI=1S/C13H18FNO/c1-4-16-10(3)9(2)7-11-5-6-12(14)13(15)8-11/h5-6,8-9H,3-4,7,15H2,1-2H3/t9-/m0/s1. The number of ether oxygens (including phenoxy) is 1. The largest absolute Gasteiger partial charge is 0.499 e. The van der Waals surface area contributed by atoms with Gasteiger partial charge in [-0.25, -0.2) is 4.39 Å². The number of hydrogen-bond donors (Lipinski definition) is 1. The maximum absolute atomic E-state index is 12.9. The van der Waals surface area contributed by atoms with Gasteiger partial charge >= 0.3 is 0 Å². The van der Waals surface area contributed by atoms with Gasteiger partial charge in [-0.3, -0.25) is 0 Å². The minimum Gasteiger partial charge on any atom is -0.499 e. The highest BCUT2D eigenvalue weighted by Crippen LogP contribution is 2.19. The molecular weight excluding hydrogens is 205 g/mol. The van der Waals surface area contributed by atoms with Gasteiger partial charge in [-0.2, -0.15) is 0 Å². The van der Waals surface area contributed by atoms with Crippen LogP contribution in [0.3, 0.4) is 0 Å². The molecule has 1 atom stereocenters. The Bertz CT molecular complexity index is 376. The zero-order chi connectivity index (χ0) is 12.1. The summed E-state index contributed by atoms with van der Waals surface area (Å²) in [6.45, 7) is 8.42. The Morgan fingerprint density at radius 3 is 2.81 bits per heavy atom. The molecule has 2 N–H and O–H groups in total. The molecule has 0 heterocycles. The number of nitrogen functional groups attached to an aromatic ring is 1. The minimum absolute atomic E-state index is 0.187. The molecule has 1 rings (SSSR count). The summed E-state index contributed by atoms with van der Waals surface area (Å²) in [7, 11) is 0. The van der Waals surface area contributed by atoms with Crippen molar-refractivity contribution >= 4 is 5.69 Å². The SMILES string of the molecule is C=C(OCC)[C@@H](C)Cc1ccc(F)c(N)c1. The molecule has 2 nitrogen and oxygen atoms in total. The number of halogens is 1. The monoisotopic (exact) mass is 223 g/mol.